The van der Waals surface area contributed by atoms with Crippen molar-refractivity contribution in [1.29, 1.82) is 0 Å². The van der Waals surface area contributed by atoms with Crippen LogP contribution in [0.3, 0.4) is 0 Å². The maximum atomic E-state index is 12.1. The minimum Gasteiger partial charge on any atom is -0.485 e. The number of esters is 1. The van der Waals surface area contributed by atoms with Crippen molar-refractivity contribution in [3.05, 3.63) is 54.6 Å². The first-order chi connectivity index (χ1) is 14.9. The van der Waals surface area contributed by atoms with Gasteiger partial charge < -0.3 is 19.7 Å². The van der Waals surface area contributed by atoms with Crippen LogP contribution in [-0.2, 0) is 14.3 Å². The fraction of sp³-hybridized carbons (Fsp3) is 0.520. The number of hydrogen-bond donors (Lipinski definition) is 2. The van der Waals surface area contributed by atoms with Gasteiger partial charge in [0, 0.05) is 18.8 Å². The molecule has 0 spiro atoms. The van der Waals surface area contributed by atoms with E-state index < -0.39 is 12.2 Å². The SMILES string of the molecule is CC(C)OC(=O)CCC/C=C\C[C@@H]1[C@@H](/C=C/C(=O)COc2ccccc2)[C@H](O)C[C@@H]1O. The Balaban J connectivity index is 1.77. The predicted octanol–water partition coefficient (Wildman–Crippen LogP) is 3.62. The number of ketones is 1. The van der Waals surface area contributed by atoms with Crippen LogP contribution in [0.25, 0.3) is 0 Å². The van der Waals surface area contributed by atoms with E-state index in [1.165, 1.54) is 6.08 Å². The van der Waals surface area contributed by atoms with Crippen molar-refractivity contribution in [2.75, 3.05) is 6.61 Å². The number of aliphatic hydroxyl groups is 2. The number of unbranched alkanes of at least 4 members (excludes halogenated alkanes) is 1. The molecule has 1 fully saturated rings. The minimum atomic E-state index is -0.682. The minimum absolute atomic E-state index is 0.0737. The fourth-order valence-electron chi connectivity index (χ4n) is 3.70. The molecule has 1 aromatic rings. The van der Waals surface area contributed by atoms with E-state index in [9.17, 15) is 19.8 Å². The van der Waals surface area contributed by atoms with Gasteiger partial charge in [-0.1, -0.05) is 36.4 Å². The van der Waals surface area contributed by atoms with Gasteiger partial charge in [-0.05, 0) is 57.2 Å². The van der Waals surface area contributed by atoms with Crippen molar-refractivity contribution in [3.63, 3.8) is 0 Å². The van der Waals surface area contributed by atoms with Crippen LogP contribution in [0.2, 0.25) is 0 Å². The Labute approximate surface area is 184 Å². The Bertz CT molecular complexity index is 740. The Kier molecular flexibility index (Phi) is 10.5. The monoisotopic (exact) mass is 430 g/mol. The van der Waals surface area contributed by atoms with Crippen LogP contribution in [0.4, 0.5) is 0 Å². The van der Waals surface area contributed by atoms with E-state index in [0.29, 0.717) is 31.4 Å². The molecule has 31 heavy (non-hydrogen) atoms. The smallest absolute Gasteiger partial charge is 0.306 e. The number of allylic oxidation sites excluding steroid dienone is 2. The zero-order valence-electron chi connectivity index (χ0n) is 18.4. The quantitative estimate of drug-likeness (QED) is 0.228. The summed E-state index contributed by atoms with van der Waals surface area (Å²) in [4.78, 5) is 23.6. The summed E-state index contributed by atoms with van der Waals surface area (Å²) in [6, 6.07) is 9.10. The molecule has 0 saturated heterocycles. The van der Waals surface area contributed by atoms with Gasteiger partial charge in [-0.2, -0.15) is 0 Å². The van der Waals surface area contributed by atoms with E-state index in [1.54, 1.807) is 18.2 Å². The maximum absolute atomic E-state index is 12.1. The molecule has 0 unspecified atom stereocenters. The number of carbonyl (C=O) groups is 2. The molecule has 1 saturated carbocycles. The van der Waals surface area contributed by atoms with Crippen LogP contribution >= 0.6 is 0 Å². The highest BCUT2D eigenvalue weighted by Gasteiger charge is 2.39. The normalized spacial score (nSPS) is 23.6. The van der Waals surface area contributed by atoms with Gasteiger partial charge in [0.1, 0.15) is 5.75 Å². The first-order valence-electron chi connectivity index (χ1n) is 11.0. The second kappa shape index (κ2) is 13.1. The largest absolute Gasteiger partial charge is 0.485 e. The van der Waals surface area contributed by atoms with Crippen molar-refractivity contribution < 1.29 is 29.3 Å². The molecular weight excluding hydrogens is 396 g/mol. The third-order valence-electron chi connectivity index (χ3n) is 5.24. The van der Waals surface area contributed by atoms with Crippen molar-refractivity contribution in [1.82, 2.24) is 0 Å². The summed E-state index contributed by atoms with van der Waals surface area (Å²) >= 11 is 0. The summed E-state index contributed by atoms with van der Waals surface area (Å²) in [5.74, 6) is -0.206. The van der Waals surface area contributed by atoms with Gasteiger partial charge in [0.15, 0.2) is 12.4 Å². The molecule has 6 heteroatoms. The lowest BCUT2D eigenvalue weighted by molar-refractivity contribution is -0.147. The van der Waals surface area contributed by atoms with E-state index in [2.05, 4.69) is 0 Å². The zero-order valence-corrected chi connectivity index (χ0v) is 18.4. The highest BCUT2D eigenvalue weighted by Crippen LogP contribution is 2.36. The summed E-state index contributed by atoms with van der Waals surface area (Å²) in [6.07, 6.45) is 8.41. The molecule has 0 bridgehead atoms. The van der Waals surface area contributed by atoms with Gasteiger partial charge in [0.25, 0.3) is 0 Å². The molecule has 170 valence electrons. The standard InChI is InChI=1S/C25H34O6/c1-18(2)31-25(29)13-9-4-3-8-12-21-22(24(28)16-23(21)27)15-14-19(26)17-30-20-10-6-5-7-11-20/h3,5-8,10-11,14-15,18,21-24,27-28H,4,9,12-13,16-17H2,1-2H3/b8-3-,15-14+/t21-,22-,23+,24-/m1/s1. The number of carbonyl (C=O) groups excluding carboxylic acids is 2. The number of rotatable bonds is 12. The van der Waals surface area contributed by atoms with Crippen molar-refractivity contribution in [2.24, 2.45) is 11.8 Å². The maximum Gasteiger partial charge on any atom is 0.306 e. The van der Waals surface area contributed by atoms with Crippen LogP contribution in [0.5, 0.6) is 5.75 Å². The number of aliphatic hydroxyl groups excluding tert-OH is 2. The highest BCUT2D eigenvalue weighted by molar-refractivity contribution is 5.91. The topological polar surface area (TPSA) is 93.1 Å². The number of para-hydroxylation sites is 1. The van der Waals surface area contributed by atoms with Gasteiger partial charge in [-0.25, -0.2) is 0 Å². The number of benzene rings is 1. The Hall–Kier alpha value is -2.44. The van der Waals surface area contributed by atoms with Gasteiger partial charge in [0.05, 0.1) is 18.3 Å². The van der Waals surface area contributed by atoms with Gasteiger partial charge in [-0.3, -0.25) is 9.59 Å². The first-order valence-corrected chi connectivity index (χ1v) is 11.0. The average molecular weight is 431 g/mol. The van der Waals surface area contributed by atoms with E-state index >= 15 is 0 Å². The summed E-state index contributed by atoms with van der Waals surface area (Å²) in [5, 5.41) is 20.6. The van der Waals surface area contributed by atoms with Crippen LogP contribution in [-0.4, -0.2) is 46.9 Å². The van der Waals surface area contributed by atoms with E-state index in [4.69, 9.17) is 9.47 Å². The molecule has 1 aliphatic rings. The summed E-state index contributed by atoms with van der Waals surface area (Å²) < 4.78 is 10.5. The molecular formula is C25H34O6. The number of ether oxygens (including phenoxy) is 2. The van der Waals surface area contributed by atoms with Gasteiger partial charge in [-0.15, -0.1) is 0 Å². The lowest BCUT2D eigenvalue weighted by Gasteiger charge is -2.19. The third kappa shape index (κ3) is 9.07. The molecule has 2 N–H and O–H groups in total. The average Bonchev–Trinajstić information content (AvgIpc) is 3.00. The molecule has 1 aromatic carbocycles. The molecule has 4 atom stereocenters. The highest BCUT2D eigenvalue weighted by atomic mass is 16.5. The molecule has 0 heterocycles. The lowest BCUT2D eigenvalue weighted by Crippen LogP contribution is -2.20. The second-order valence-electron chi connectivity index (χ2n) is 8.18. The Morgan fingerprint density at radius 3 is 2.58 bits per heavy atom. The molecule has 0 amide bonds. The van der Waals surface area contributed by atoms with Crippen LogP contribution in [0, 0.1) is 11.8 Å². The zero-order chi connectivity index (χ0) is 22.6. The summed E-state index contributed by atoms with van der Waals surface area (Å²) in [5.41, 5.74) is 0. The molecule has 0 aromatic heterocycles. The van der Waals surface area contributed by atoms with Crippen molar-refractivity contribution in [2.45, 2.75) is 64.3 Å². The molecule has 0 aliphatic heterocycles. The van der Waals surface area contributed by atoms with E-state index in [1.807, 2.05) is 44.2 Å². The van der Waals surface area contributed by atoms with Crippen LogP contribution in [0.1, 0.15) is 46.0 Å². The Morgan fingerprint density at radius 1 is 1.13 bits per heavy atom. The summed E-state index contributed by atoms with van der Waals surface area (Å²) in [7, 11) is 0. The molecule has 2 rings (SSSR count). The van der Waals surface area contributed by atoms with Gasteiger partial charge in [0.2, 0.25) is 0 Å². The van der Waals surface area contributed by atoms with Crippen molar-refractivity contribution >= 4 is 11.8 Å². The summed E-state index contributed by atoms with van der Waals surface area (Å²) in [6.45, 7) is 3.58. The Morgan fingerprint density at radius 2 is 1.87 bits per heavy atom. The van der Waals surface area contributed by atoms with Crippen molar-refractivity contribution in [3.8, 4) is 5.75 Å². The van der Waals surface area contributed by atoms with Gasteiger partial charge >= 0.3 is 5.97 Å². The van der Waals surface area contributed by atoms with E-state index in [-0.39, 0.29) is 36.3 Å². The molecule has 0 radical (unpaired) electrons. The lowest BCUT2D eigenvalue weighted by atomic mass is 9.89. The first kappa shape index (κ1) is 24.8. The predicted molar refractivity (Wildman–Crippen MR) is 119 cm³/mol. The molecule has 6 nitrogen and oxygen atoms in total. The third-order valence-corrected chi connectivity index (χ3v) is 5.24. The van der Waals surface area contributed by atoms with Crippen LogP contribution < -0.4 is 4.74 Å². The second-order valence-corrected chi connectivity index (χ2v) is 8.18. The molecule has 1 aliphatic carbocycles. The van der Waals surface area contributed by atoms with Crippen LogP contribution in [0.15, 0.2) is 54.6 Å². The fourth-order valence-corrected chi connectivity index (χ4v) is 3.70. The number of hydrogen-bond acceptors (Lipinski definition) is 6. The van der Waals surface area contributed by atoms with E-state index in [0.717, 1.165) is 6.42 Å².